The standard InChI is InChI=1S/C23H19NO/c1-17-12-14-20(15-13-17)23-21(16-18-8-4-2-5-9-18)22(24(23)25)19-10-6-3-7-11-19/h2-16,22H,1H3/b21-16+. The Labute approximate surface area is 148 Å². The summed E-state index contributed by atoms with van der Waals surface area (Å²) in [6.45, 7) is 2.05. The van der Waals surface area contributed by atoms with Crippen LogP contribution < -0.4 is 0 Å². The molecule has 0 N–H and O–H groups in total. The maximum absolute atomic E-state index is 12.9. The van der Waals surface area contributed by atoms with E-state index in [2.05, 4.69) is 25.1 Å². The van der Waals surface area contributed by atoms with Crippen LogP contribution in [0.15, 0.2) is 90.5 Å². The van der Waals surface area contributed by atoms with Crippen LogP contribution in [0.5, 0.6) is 0 Å². The molecule has 1 aliphatic rings. The quantitative estimate of drug-likeness (QED) is 0.484. The molecule has 3 aromatic carbocycles. The van der Waals surface area contributed by atoms with Gasteiger partial charge in [0.25, 0.3) is 0 Å². The molecule has 0 aliphatic carbocycles. The van der Waals surface area contributed by atoms with E-state index >= 15 is 0 Å². The van der Waals surface area contributed by atoms with Crippen molar-refractivity contribution in [3.63, 3.8) is 0 Å². The summed E-state index contributed by atoms with van der Waals surface area (Å²) in [7, 11) is 0. The van der Waals surface area contributed by atoms with Crippen LogP contribution in [0, 0.1) is 12.1 Å². The fourth-order valence-electron chi connectivity index (χ4n) is 3.28. The van der Waals surface area contributed by atoms with E-state index < -0.39 is 0 Å². The summed E-state index contributed by atoms with van der Waals surface area (Å²) >= 11 is 0. The molecule has 1 unspecified atom stereocenters. The summed E-state index contributed by atoms with van der Waals surface area (Å²) in [5.74, 6) is 0. The van der Waals surface area contributed by atoms with Crippen molar-refractivity contribution in [3.05, 3.63) is 118 Å². The molecule has 0 bridgehead atoms. The monoisotopic (exact) mass is 325 g/mol. The molecule has 0 aromatic heterocycles. The zero-order chi connectivity index (χ0) is 17.2. The molecule has 0 spiro atoms. The van der Waals surface area contributed by atoms with Crippen molar-refractivity contribution >= 4 is 11.8 Å². The molecular formula is C23H19NO. The van der Waals surface area contributed by atoms with E-state index in [1.807, 2.05) is 72.8 Å². The molecule has 2 heteroatoms. The van der Waals surface area contributed by atoms with Crippen LogP contribution in [-0.2, 0) is 0 Å². The van der Waals surface area contributed by atoms with E-state index in [9.17, 15) is 5.21 Å². The molecule has 4 rings (SSSR count). The van der Waals surface area contributed by atoms with E-state index in [0.717, 1.165) is 32.7 Å². The number of hydroxylamine groups is 1. The van der Waals surface area contributed by atoms with Gasteiger partial charge in [0, 0.05) is 11.1 Å². The van der Waals surface area contributed by atoms with Gasteiger partial charge in [0.2, 0.25) is 11.8 Å². The minimum Gasteiger partial charge on any atom is -0.623 e. The normalized spacial score (nSPS) is 18.3. The molecule has 3 aromatic rings. The van der Waals surface area contributed by atoms with Crippen LogP contribution in [-0.4, -0.2) is 10.5 Å². The number of hydrogen-bond donors (Lipinski definition) is 0. The summed E-state index contributed by atoms with van der Waals surface area (Å²) in [5, 5.41) is 12.9. The number of nitrogens with zero attached hydrogens (tertiary/aromatic N) is 1. The maximum atomic E-state index is 12.9. The van der Waals surface area contributed by atoms with Gasteiger partial charge < -0.3 is 5.21 Å². The van der Waals surface area contributed by atoms with Gasteiger partial charge in [-0.3, -0.25) is 0 Å². The molecule has 122 valence electrons. The molecule has 0 saturated heterocycles. The number of aryl methyl sites for hydroxylation is 1. The van der Waals surface area contributed by atoms with Crippen LogP contribution in [0.4, 0.5) is 0 Å². The zero-order valence-corrected chi connectivity index (χ0v) is 14.1. The smallest absolute Gasteiger partial charge is 0.229 e. The van der Waals surface area contributed by atoms with Gasteiger partial charge in [0.15, 0.2) is 0 Å². The van der Waals surface area contributed by atoms with E-state index in [-0.39, 0.29) is 6.04 Å². The Morgan fingerprint density at radius 3 is 2.04 bits per heavy atom. The molecule has 2 nitrogen and oxygen atoms in total. The topological polar surface area (TPSA) is 26.1 Å². The van der Waals surface area contributed by atoms with E-state index in [1.54, 1.807) is 0 Å². The third kappa shape index (κ3) is 2.87. The highest BCUT2D eigenvalue weighted by Gasteiger charge is 2.42. The first-order valence-electron chi connectivity index (χ1n) is 8.46. The first-order valence-corrected chi connectivity index (χ1v) is 8.46. The van der Waals surface area contributed by atoms with E-state index in [4.69, 9.17) is 0 Å². The van der Waals surface area contributed by atoms with Crippen LogP contribution in [0.3, 0.4) is 0 Å². The SMILES string of the molecule is Cc1ccc(C2=[N+]([O-])C(c3ccccc3)/C2=C\c2ccccc2)cc1. The van der Waals surface area contributed by atoms with Crippen molar-refractivity contribution in [1.82, 2.24) is 0 Å². The second kappa shape index (κ2) is 6.40. The van der Waals surface area contributed by atoms with Crippen LogP contribution in [0.1, 0.15) is 28.3 Å². The first-order chi connectivity index (χ1) is 12.2. The van der Waals surface area contributed by atoms with Gasteiger partial charge in [-0.2, -0.15) is 4.74 Å². The minimum absolute atomic E-state index is 0.252. The van der Waals surface area contributed by atoms with Crippen molar-refractivity contribution < 1.29 is 4.74 Å². The Morgan fingerprint density at radius 2 is 1.40 bits per heavy atom. The third-order valence-electron chi connectivity index (χ3n) is 4.58. The molecule has 0 radical (unpaired) electrons. The van der Waals surface area contributed by atoms with Gasteiger partial charge in [-0.1, -0.05) is 78.4 Å². The highest BCUT2D eigenvalue weighted by Crippen LogP contribution is 2.38. The zero-order valence-electron chi connectivity index (χ0n) is 14.1. The molecule has 25 heavy (non-hydrogen) atoms. The molecule has 1 atom stereocenters. The summed E-state index contributed by atoms with van der Waals surface area (Å²) in [6.07, 6.45) is 2.13. The van der Waals surface area contributed by atoms with Gasteiger partial charge in [-0.25, -0.2) is 0 Å². The predicted molar refractivity (Wildman–Crippen MR) is 103 cm³/mol. The van der Waals surface area contributed by atoms with Crippen LogP contribution in [0.2, 0.25) is 0 Å². The van der Waals surface area contributed by atoms with Crippen molar-refractivity contribution in [3.8, 4) is 0 Å². The molecule has 1 heterocycles. The Morgan fingerprint density at radius 1 is 0.800 bits per heavy atom. The second-order valence-corrected chi connectivity index (χ2v) is 6.36. The molecule has 1 aliphatic heterocycles. The summed E-state index contributed by atoms with van der Waals surface area (Å²) in [4.78, 5) is 0. The Kier molecular flexibility index (Phi) is 3.95. The van der Waals surface area contributed by atoms with Crippen molar-refractivity contribution in [1.29, 1.82) is 0 Å². The highest BCUT2D eigenvalue weighted by atomic mass is 16.5. The Bertz CT molecular complexity index is 938. The van der Waals surface area contributed by atoms with Crippen molar-refractivity contribution in [2.24, 2.45) is 0 Å². The summed E-state index contributed by atoms with van der Waals surface area (Å²) in [5.41, 5.74) is 6.12. The Balaban J connectivity index is 1.84. The van der Waals surface area contributed by atoms with Gasteiger partial charge in [-0.15, -0.1) is 0 Å². The van der Waals surface area contributed by atoms with Crippen molar-refractivity contribution in [2.75, 3.05) is 0 Å². The van der Waals surface area contributed by atoms with E-state index in [1.165, 1.54) is 5.56 Å². The lowest BCUT2D eigenvalue weighted by Crippen LogP contribution is -2.37. The third-order valence-corrected chi connectivity index (χ3v) is 4.58. The molecule has 0 saturated carbocycles. The van der Waals surface area contributed by atoms with Gasteiger partial charge in [-0.05, 0) is 30.7 Å². The van der Waals surface area contributed by atoms with Gasteiger partial charge >= 0.3 is 0 Å². The lowest BCUT2D eigenvalue weighted by atomic mass is 9.84. The second-order valence-electron chi connectivity index (χ2n) is 6.36. The minimum atomic E-state index is -0.252. The fraction of sp³-hybridized carbons (Fsp3) is 0.0870. The fourth-order valence-corrected chi connectivity index (χ4v) is 3.28. The van der Waals surface area contributed by atoms with Crippen LogP contribution in [0.25, 0.3) is 6.08 Å². The number of benzene rings is 3. The highest BCUT2D eigenvalue weighted by molar-refractivity contribution is 6.15. The van der Waals surface area contributed by atoms with E-state index in [0.29, 0.717) is 0 Å². The average Bonchev–Trinajstić information content (AvgIpc) is 2.65. The summed E-state index contributed by atoms with van der Waals surface area (Å²) < 4.78 is 1.13. The van der Waals surface area contributed by atoms with Gasteiger partial charge in [0.1, 0.15) is 0 Å². The van der Waals surface area contributed by atoms with Crippen molar-refractivity contribution in [2.45, 2.75) is 13.0 Å². The lowest BCUT2D eigenvalue weighted by molar-refractivity contribution is -0.516. The Hall–Kier alpha value is -3.13. The lowest BCUT2D eigenvalue weighted by Gasteiger charge is -2.31. The maximum Gasteiger partial charge on any atom is 0.229 e. The molecule has 0 amide bonds. The van der Waals surface area contributed by atoms with Crippen LogP contribution >= 0.6 is 0 Å². The number of rotatable bonds is 3. The van der Waals surface area contributed by atoms with Gasteiger partial charge in [0.05, 0.1) is 5.57 Å². The average molecular weight is 325 g/mol. The number of hydrogen-bond acceptors (Lipinski definition) is 1. The molecular weight excluding hydrogens is 306 g/mol. The molecule has 0 fully saturated rings. The summed E-state index contributed by atoms with van der Waals surface area (Å²) in [6, 6.07) is 28.0. The first kappa shape index (κ1) is 15.4. The largest absolute Gasteiger partial charge is 0.623 e. The predicted octanol–water partition coefficient (Wildman–Crippen LogP) is 5.13.